The first-order chi connectivity index (χ1) is 7.41. The van der Waals surface area contributed by atoms with Crippen molar-refractivity contribution in [3.63, 3.8) is 0 Å². The summed E-state index contributed by atoms with van der Waals surface area (Å²) >= 11 is 5.84. The molecule has 0 radical (unpaired) electrons. The summed E-state index contributed by atoms with van der Waals surface area (Å²) in [5.41, 5.74) is 0.241. The molecule has 0 bridgehead atoms. The number of amides is 1. The van der Waals surface area contributed by atoms with Crippen molar-refractivity contribution >= 4 is 24.8 Å². The molecule has 5 nitrogen and oxygen atoms in total. The fourth-order valence-corrected chi connectivity index (χ4v) is 1.30. The smallest absolute Gasteiger partial charge is 0.512 e. The molecule has 1 rings (SSSR count). The lowest BCUT2D eigenvalue weighted by Crippen LogP contribution is -2.23. The van der Waals surface area contributed by atoms with Gasteiger partial charge in [0, 0.05) is 14.1 Å². The van der Waals surface area contributed by atoms with Crippen molar-refractivity contribution in [3.05, 3.63) is 28.8 Å². The van der Waals surface area contributed by atoms with Crippen molar-refractivity contribution in [3.8, 4) is 5.75 Å². The second-order valence-electron chi connectivity index (χ2n) is 3.29. The molecule has 0 aliphatic rings. The van der Waals surface area contributed by atoms with Gasteiger partial charge in [-0.05, 0) is 18.2 Å². The van der Waals surface area contributed by atoms with E-state index >= 15 is 0 Å². The lowest BCUT2D eigenvalue weighted by Gasteiger charge is -2.13. The fraction of sp³-hybridized carbons (Fsp3) is 0.222. The largest absolute Gasteiger partial charge is 0.707 e. The van der Waals surface area contributed by atoms with Gasteiger partial charge in [-0.25, -0.2) is 0 Å². The topological polar surface area (TPSA) is 70.0 Å². The number of benzene rings is 1. The van der Waals surface area contributed by atoms with Gasteiger partial charge in [0.1, 0.15) is 5.75 Å². The fourth-order valence-electron chi connectivity index (χ4n) is 1.10. The lowest BCUT2D eigenvalue weighted by molar-refractivity contribution is 0.0827. The Bertz CT molecular complexity index is 397. The summed E-state index contributed by atoms with van der Waals surface area (Å²) in [6, 6.07) is 4.24. The Kier molecular flexibility index (Phi) is 4.17. The van der Waals surface area contributed by atoms with Gasteiger partial charge >= 0.3 is 7.32 Å². The van der Waals surface area contributed by atoms with E-state index in [1.54, 1.807) is 14.1 Å². The maximum atomic E-state index is 11.7. The molecule has 1 amide bonds. The van der Waals surface area contributed by atoms with Gasteiger partial charge in [-0.3, -0.25) is 4.79 Å². The van der Waals surface area contributed by atoms with E-state index in [1.165, 1.54) is 23.1 Å². The van der Waals surface area contributed by atoms with Gasteiger partial charge in [0.2, 0.25) is 0 Å². The van der Waals surface area contributed by atoms with Gasteiger partial charge in [0.15, 0.2) is 0 Å². The Morgan fingerprint density at radius 2 is 2.06 bits per heavy atom. The molecular weight excluding hydrogens is 232 g/mol. The second-order valence-corrected chi connectivity index (χ2v) is 3.69. The van der Waals surface area contributed by atoms with Gasteiger partial charge in [0.05, 0.1) is 10.6 Å². The van der Waals surface area contributed by atoms with Crippen LogP contribution >= 0.6 is 11.6 Å². The standard InChI is InChI=1S/C9H11BClNO4/c1-12(2)9(13)7-5-6(16-10(14)15)3-4-8(7)11/h3-5,14-15H,1-2H3. The Morgan fingerprint density at radius 3 is 2.56 bits per heavy atom. The quantitative estimate of drug-likeness (QED) is 0.754. The summed E-state index contributed by atoms with van der Waals surface area (Å²) in [6.07, 6.45) is 0. The number of nitrogens with zero attached hydrogens (tertiary/aromatic N) is 1. The summed E-state index contributed by atoms with van der Waals surface area (Å²) in [5.74, 6) is -0.132. The van der Waals surface area contributed by atoms with Crippen LogP contribution in [0.1, 0.15) is 10.4 Å². The van der Waals surface area contributed by atoms with Gasteiger partial charge < -0.3 is 19.6 Å². The highest BCUT2D eigenvalue weighted by molar-refractivity contribution is 6.34. The Hall–Kier alpha value is -1.24. The zero-order chi connectivity index (χ0) is 12.3. The van der Waals surface area contributed by atoms with E-state index in [9.17, 15) is 4.79 Å². The molecular formula is C9H11BClNO4. The monoisotopic (exact) mass is 243 g/mol. The van der Waals surface area contributed by atoms with Crippen LogP contribution < -0.4 is 4.65 Å². The Labute approximate surface area is 98.4 Å². The maximum absolute atomic E-state index is 11.7. The summed E-state index contributed by atoms with van der Waals surface area (Å²) in [6.45, 7) is 0. The molecule has 2 N–H and O–H groups in total. The maximum Gasteiger partial charge on any atom is 0.707 e. The van der Waals surface area contributed by atoms with Crippen LogP contribution in [0.2, 0.25) is 5.02 Å². The molecule has 0 aliphatic carbocycles. The number of halogens is 1. The molecule has 0 saturated heterocycles. The van der Waals surface area contributed by atoms with Gasteiger partial charge in [-0.15, -0.1) is 0 Å². The lowest BCUT2D eigenvalue weighted by atomic mass is 10.1. The third-order valence-electron chi connectivity index (χ3n) is 1.82. The molecule has 0 unspecified atom stereocenters. The minimum absolute atomic E-state index is 0.157. The van der Waals surface area contributed by atoms with Crippen molar-refractivity contribution in [2.75, 3.05) is 14.1 Å². The highest BCUT2D eigenvalue weighted by Crippen LogP contribution is 2.23. The second kappa shape index (κ2) is 5.20. The van der Waals surface area contributed by atoms with Gasteiger partial charge in [0.25, 0.3) is 5.91 Å². The van der Waals surface area contributed by atoms with E-state index < -0.39 is 7.32 Å². The first kappa shape index (κ1) is 12.8. The summed E-state index contributed by atoms with van der Waals surface area (Å²) < 4.78 is 4.62. The molecule has 7 heteroatoms. The minimum Gasteiger partial charge on any atom is -0.512 e. The SMILES string of the molecule is CN(C)C(=O)c1cc(OB(O)O)ccc1Cl. The number of rotatable bonds is 3. The zero-order valence-electron chi connectivity index (χ0n) is 8.85. The molecule has 0 fully saturated rings. The predicted octanol–water partition coefficient (Wildman–Crippen LogP) is 0.390. The number of carbonyl (C=O) groups is 1. The average molecular weight is 243 g/mol. The number of carbonyl (C=O) groups excluding carboxylic acids is 1. The zero-order valence-corrected chi connectivity index (χ0v) is 9.60. The van der Waals surface area contributed by atoms with Gasteiger partial charge in [-0.2, -0.15) is 0 Å². The van der Waals surface area contributed by atoms with Crippen molar-refractivity contribution < 1.29 is 19.5 Å². The average Bonchev–Trinajstić information content (AvgIpc) is 2.19. The number of hydrogen-bond acceptors (Lipinski definition) is 4. The molecule has 0 spiro atoms. The van der Waals surface area contributed by atoms with Crippen LogP contribution in [0.15, 0.2) is 18.2 Å². The van der Waals surface area contributed by atoms with E-state index in [0.717, 1.165) is 0 Å². The molecule has 1 aromatic rings. The molecule has 16 heavy (non-hydrogen) atoms. The number of hydrogen-bond donors (Lipinski definition) is 2. The van der Waals surface area contributed by atoms with Crippen molar-refractivity contribution in [1.82, 2.24) is 4.90 Å². The minimum atomic E-state index is -1.93. The van der Waals surface area contributed by atoms with E-state index in [0.29, 0.717) is 0 Å². The van der Waals surface area contributed by atoms with Gasteiger partial charge in [-0.1, -0.05) is 11.6 Å². The van der Waals surface area contributed by atoms with Crippen LogP contribution in [0, 0.1) is 0 Å². The van der Waals surface area contributed by atoms with Crippen LogP contribution in [0.4, 0.5) is 0 Å². The van der Waals surface area contributed by atoms with E-state index in [4.69, 9.17) is 21.6 Å². The normalized spacial score (nSPS) is 9.81. The molecule has 0 atom stereocenters. The highest BCUT2D eigenvalue weighted by atomic mass is 35.5. The molecule has 1 aromatic carbocycles. The molecule has 0 aromatic heterocycles. The molecule has 0 saturated carbocycles. The Morgan fingerprint density at radius 1 is 1.44 bits per heavy atom. The molecule has 0 heterocycles. The summed E-state index contributed by atoms with van der Waals surface area (Å²) in [4.78, 5) is 13.0. The van der Waals surface area contributed by atoms with Crippen LogP contribution in [0.25, 0.3) is 0 Å². The first-order valence-corrected chi connectivity index (χ1v) is 4.83. The molecule has 86 valence electrons. The van der Waals surface area contributed by atoms with Crippen molar-refractivity contribution in [2.24, 2.45) is 0 Å². The van der Waals surface area contributed by atoms with Crippen LogP contribution in [-0.4, -0.2) is 42.3 Å². The molecule has 0 aliphatic heterocycles. The van der Waals surface area contributed by atoms with Crippen LogP contribution in [0.5, 0.6) is 5.75 Å². The third-order valence-corrected chi connectivity index (χ3v) is 2.15. The van der Waals surface area contributed by atoms with Crippen molar-refractivity contribution in [2.45, 2.75) is 0 Å². The van der Waals surface area contributed by atoms with E-state index in [2.05, 4.69) is 4.65 Å². The van der Waals surface area contributed by atoms with Crippen LogP contribution in [-0.2, 0) is 0 Å². The summed E-state index contributed by atoms with van der Waals surface area (Å²) in [7, 11) is 1.25. The highest BCUT2D eigenvalue weighted by Gasteiger charge is 2.16. The van der Waals surface area contributed by atoms with E-state index in [1.807, 2.05) is 0 Å². The third kappa shape index (κ3) is 3.13. The predicted molar refractivity (Wildman–Crippen MR) is 60.3 cm³/mol. The Balaban J connectivity index is 3.04. The van der Waals surface area contributed by atoms with E-state index in [-0.39, 0.29) is 22.2 Å². The summed E-state index contributed by atoms with van der Waals surface area (Å²) in [5, 5.41) is 17.5. The van der Waals surface area contributed by atoms with Crippen molar-refractivity contribution in [1.29, 1.82) is 0 Å². The van der Waals surface area contributed by atoms with Crippen LogP contribution in [0.3, 0.4) is 0 Å². The first-order valence-electron chi connectivity index (χ1n) is 4.46.